The standard InChI is InChI=1S/C15H18ClNS/c1-17-14(12-6-3-2-4-7-12)9-5-8-13-10-11-15(16)18-13/h2-4,6-7,10-11,14,17H,5,8-9H2,1H3. The molecule has 3 heteroatoms. The third-order valence-corrected chi connectivity index (χ3v) is 4.39. The molecular weight excluding hydrogens is 262 g/mol. The molecule has 0 amide bonds. The highest BCUT2D eigenvalue weighted by Crippen LogP contribution is 2.24. The zero-order valence-electron chi connectivity index (χ0n) is 10.5. The number of halogens is 1. The van der Waals surface area contributed by atoms with Crippen LogP contribution in [0, 0.1) is 0 Å². The summed E-state index contributed by atoms with van der Waals surface area (Å²) in [5.74, 6) is 0. The summed E-state index contributed by atoms with van der Waals surface area (Å²) >= 11 is 7.62. The zero-order valence-corrected chi connectivity index (χ0v) is 12.1. The van der Waals surface area contributed by atoms with E-state index in [1.807, 2.05) is 13.1 Å². The molecule has 0 bridgehead atoms. The molecule has 1 unspecified atom stereocenters. The third-order valence-electron chi connectivity index (χ3n) is 3.10. The van der Waals surface area contributed by atoms with Crippen LogP contribution in [0.1, 0.15) is 29.3 Å². The molecule has 1 aromatic carbocycles. The van der Waals surface area contributed by atoms with Crippen LogP contribution in [0.15, 0.2) is 42.5 Å². The average Bonchev–Trinajstić information content (AvgIpc) is 2.81. The van der Waals surface area contributed by atoms with Crippen LogP contribution in [0.3, 0.4) is 0 Å². The predicted octanol–water partition coefficient (Wildman–Crippen LogP) is 4.68. The Morgan fingerprint density at radius 1 is 1.17 bits per heavy atom. The normalized spacial score (nSPS) is 12.6. The minimum Gasteiger partial charge on any atom is -0.313 e. The molecule has 0 fully saturated rings. The van der Waals surface area contributed by atoms with Gasteiger partial charge in [-0.1, -0.05) is 41.9 Å². The van der Waals surface area contributed by atoms with Gasteiger partial charge in [-0.05, 0) is 44.0 Å². The van der Waals surface area contributed by atoms with Crippen LogP contribution in [-0.4, -0.2) is 7.05 Å². The molecule has 1 aromatic heterocycles. The van der Waals surface area contributed by atoms with E-state index in [1.165, 1.54) is 16.9 Å². The second-order valence-electron chi connectivity index (χ2n) is 4.35. The lowest BCUT2D eigenvalue weighted by Crippen LogP contribution is -2.16. The fourth-order valence-corrected chi connectivity index (χ4v) is 3.26. The van der Waals surface area contributed by atoms with E-state index in [9.17, 15) is 0 Å². The monoisotopic (exact) mass is 279 g/mol. The highest BCUT2D eigenvalue weighted by molar-refractivity contribution is 7.16. The van der Waals surface area contributed by atoms with Gasteiger partial charge >= 0.3 is 0 Å². The van der Waals surface area contributed by atoms with Crippen LogP contribution >= 0.6 is 22.9 Å². The van der Waals surface area contributed by atoms with Crippen LogP contribution < -0.4 is 5.32 Å². The summed E-state index contributed by atoms with van der Waals surface area (Å²) < 4.78 is 0.887. The number of thiophene rings is 1. The largest absolute Gasteiger partial charge is 0.313 e. The Balaban J connectivity index is 1.84. The van der Waals surface area contributed by atoms with Gasteiger partial charge in [0.15, 0.2) is 0 Å². The minimum atomic E-state index is 0.446. The van der Waals surface area contributed by atoms with Crippen molar-refractivity contribution >= 4 is 22.9 Å². The van der Waals surface area contributed by atoms with Gasteiger partial charge < -0.3 is 5.32 Å². The lowest BCUT2D eigenvalue weighted by molar-refractivity contribution is 0.528. The molecule has 96 valence electrons. The van der Waals surface area contributed by atoms with E-state index < -0.39 is 0 Å². The number of benzene rings is 1. The van der Waals surface area contributed by atoms with Crippen molar-refractivity contribution in [1.82, 2.24) is 5.32 Å². The van der Waals surface area contributed by atoms with Gasteiger partial charge in [-0.25, -0.2) is 0 Å². The molecule has 1 atom stereocenters. The molecule has 2 aromatic rings. The summed E-state index contributed by atoms with van der Waals surface area (Å²) in [6.45, 7) is 0. The van der Waals surface area contributed by atoms with Gasteiger partial charge in [-0.15, -0.1) is 11.3 Å². The molecule has 0 saturated heterocycles. The molecule has 0 aliphatic carbocycles. The summed E-state index contributed by atoms with van der Waals surface area (Å²) in [6, 6.07) is 15.2. The summed E-state index contributed by atoms with van der Waals surface area (Å²) in [4.78, 5) is 1.38. The number of rotatable bonds is 6. The molecule has 0 saturated carbocycles. The van der Waals surface area contributed by atoms with Crippen LogP contribution in [0.2, 0.25) is 4.34 Å². The third kappa shape index (κ3) is 3.84. The second kappa shape index (κ2) is 6.93. The van der Waals surface area contributed by atoms with Crippen LogP contribution in [-0.2, 0) is 6.42 Å². The molecule has 18 heavy (non-hydrogen) atoms. The SMILES string of the molecule is CNC(CCCc1ccc(Cl)s1)c1ccccc1. The van der Waals surface area contributed by atoms with Crippen molar-refractivity contribution in [3.63, 3.8) is 0 Å². The van der Waals surface area contributed by atoms with Crippen LogP contribution in [0.5, 0.6) is 0 Å². The minimum absolute atomic E-state index is 0.446. The summed E-state index contributed by atoms with van der Waals surface area (Å²) in [5, 5.41) is 3.39. The Kier molecular flexibility index (Phi) is 5.24. The van der Waals surface area contributed by atoms with Gasteiger partial charge in [0.25, 0.3) is 0 Å². The molecule has 0 spiro atoms. The Morgan fingerprint density at radius 2 is 1.94 bits per heavy atom. The maximum absolute atomic E-state index is 5.93. The number of aryl methyl sites for hydroxylation is 1. The van der Waals surface area contributed by atoms with Crippen molar-refractivity contribution in [2.45, 2.75) is 25.3 Å². The van der Waals surface area contributed by atoms with Crippen molar-refractivity contribution in [3.05, 3.63) is 57.2 Å². The zero-order chi connectivity index (χ0) is 12.8. The summed E-state index contributed by atoms with van der Waals surface area (Å²) in [7, 11) is 2.03. The van der Waals surface area contributed by atoms with E-state index in [-0.39, 0.29) is 0 Å². The first-order valence-electron chi connectivity index (χ1n) is 6.26. The maximum Gasteiger partial charge on any atom is 0.0931 e. The molecule has 1 heterocycles. The molecule has 2 rings (SSSR count). The van der Waals surface area contributed by atoms with E-state index in [2.05, 4.69) is 41.7 Å². The molecule has 1 nitrogen and oxygen atoms in total. The van der Waals surface area contributed by atoms with Crippen molar-refractivity contribution in [1.29, 1.82) is 0 Å². The Labute approximate surface area is 118 Å². The first-order chi connectivity index (χ1) is 8.79. The Morgan fingerprint density at radius 3 is 2.56 bits per heavy atom. The van der Waals surface area contributed by atoms with E-state index in [1.54, 1.807) is 11.3 Å². The summed E-state index contributed by atoms with van der Waals surface area (Å²) in [5.41, 5.74) is 1.37. The van der Waals surface area contributed by atoms with E-state index in [0.717, 1.165) is 17.2 Å². The van der Waals surface area contributed by atoms with E-state index in [0.29, 0.717) is 6.04 Å². The van der Waals surface area contributed by atoms with E-state index >= 15 is 0 Å². The topological polar surface area (TPSA) is 12.0 Å². The van der Waals surface area contributed by atoms with Gasteiger partial charge in [0.05, 0.1) is 4.34 Å². The average molecular weight is 280 g/mol. The Bertz CT molecular complexity index is 466. The highest BCUT2D eigenvalue weighted by atomic mass is 35.5. The van der Waals surface area contributed by atoms with Crippen molar-refractivity contribution in [2.24, 2.45) is 0 Å². The smallest absolute Gasteiger partial charge is 0.0931 e. The fraction of sp³-hybridized carbons (Fsp3) is 0.333. The molecule has 0 aliphatic rings. The maximum atomic E-state index is 5.93. The van der Waals surface area contributed by atoms with Crippen molar-refractivity contribution in [3.8, 4) is 0 Å². The molecule has 1 N–H and O–H groups in total. The van der Waals surface area contributed by atoms with Gasteiger partial charge in [0, 0.05) is 10.9 Å². The lowest BCUT2D eigenvalue weighted by atomic mass is 10.0. The molecule has 0 radical (unpaired) electrons. The molecule has 0 aliphatic heterocycles. The van der Waals surface area contributed by atoms with Gasteiger partial charge in [0.2, 0.25) is 0 Å². The number of hydrogen-bond donors (Lipinski definition) is 1. The highest BCUT2D eigenvalue weighted by Gasteiger charge is 2.08. The van der Waals surface area contributed by atoms with Gasteiger partial charge in [-0.3, -0.25) is 0 Å². The van der Waals surface area contributed by atoms with Crippen LogP contribution in [0.25, 0.3) is 0 Å². The quantitative estimate of drug-likeness (QED) is 0.809. The van der Waals surface area contributed by atoms with Crippen molar-refractivity contribution < 1.29 is 0 Å². The summed E-state index contributed by atoms with van der Waals surface area (Å²) in [6.07, 6.45) is 3.44. The van der Waals surface area contributed by atoms with Gasteiger partial charge in [0.1, 0.15) is 0 Å². The first kappa shape index (κ1) is 13.6. The van der Waals surface area contributed by atoms with E-state index in [4.69, 9.17) is 11.6 Å². The first-order valence-corrected chi connectivity index (χ1v) is 7.45. The molecular formula is C15H18ClNS. The lowest BCUT2D eigenvalue weighted by Gasteiger charge is -2.16. The van der Waals surface area contributed by atoms with Gasteiger partial charge in [-0.2, -0.15) is 0 Å². The number of nitrogens with one attached hydrogen (secondary N) is 1. The van der Waals surface area contributed by atoms with Crippen molar-refractivity contribution in [2.75, 3.05) is 7.05 Å². The fourth-order valence-electron chi connectivity index (χ4n) is 2.13. The van der Waals surface area contributed by atoms with Crippen LogP contribution in [0.4, 0.5) is 0 Å². The second-order valence-corrected chi connectivity index (χ2v) is 6.15. The Hall–Kier alpha value is -0.830. The number of hydrogen-bond acceptors (Lipinski definition) is 2. The predicted molar refractivity (Wildman–Crippen MR) is 80.5 cm³/mol.